The van der Waals surface area contributed by atoms with E-state index >= 15 is 0 Å². The van der Waals surface area contributed by atoms with Gasteiger partial charge >= 0.3 is 5.97 Å². The zero-order valence-electron chi connectivity index (χ0n) is 11.4. The fraction of sp³-hybridized carbons (Fsp3) is 0.636. The molecule has 7 nitrogen and oxygen atoms in total. The Hall–Kier alpha value is -1.06. The van der Waals surface area contributed by atoms with Crippen molar-refractivity contribution in [1.82, 2.24) is 13.9 Å². The summed E-state index contributed by atoms with van der Waals surface area (Å²) in [6.45, 7) is 3.76. The second kappa shape index (κ2) is 5.38. The molecule has 2 atom stereocenters. The highest BCUT2D eigenvalue weighted by Crippen LogP contribution is 2.37. The average molecular weight is 319 g/mol. The number of nitrogens with zero attached hydrogens (tertiary/aromatic N) is 3. The number of aryl methyl sites for hydroxylation is 1. The van der Waals surface area contributed by atoms with Gasteiger partial charge in [0.25, 0.3) is 10.0 Å². The van der Waals surface area contributed by atoms with Crippen molar-refractivity contribution in [1.29, 1.82) is 0 Å². The minimum absolute atomic E-state index is 0.0165. The van der Waals surface area contributed by atoms with Crippen LogP contribution in [-0.2, 0) is 21.9 Å². The fourth-order valence-corrected chi connectivity index (χ4v) is 5.81. The molecule has 0 saturated carbocycles. The maximum Gasteiger partial charge on any atom is 0.322 e. The maximum absolute atomic E-state index is 12.7. The Morgan fingerprint density at radius 1 is 1.55 bits per heavy atom. The zero-order chi connectivity index (χ0) is 15.1. The first-order valence-electron chi connectivity index (χ1n) is 6.11. The van der Waals surface area contributed by atoms with E-state index in [1.165, 1.54) is 28.9 Å². The normalized spacial score (nSPS) is 24.4. The molecule has 2 heterocycles. The van der Waals surface area contributed by atoms with Gasteiger partial charge in [0.05, 0.1) is 11.7 Å². The second-order valence-corrected chi connectivity index (χ2v) is 7.97. The van der Waals surface area contributed by atoms with Gasteiger partial charge in [0.1, 0.15) is 6.04 Å². The first-order chi connectivity index (χ1) is 9.25. The van der Waals surface area contributed by atoms with E-state index in [-0.39, 0.29) is 22.1 Å². The first-order valence-corrected chi connectivity index (χ1v) is 8.60. The molecule has 112 valence electrons. The van der Waals surface area contributed by atoms with Crippen LogP contribution in [0.3, 0.4) is 0 Å². The Morgan fingerprint density at radius 3 is 2.65 bits per heavy atom. The van der Waals surface area contributed by atoms with Crippen molar-refractivity contribution >= 4 is 27.8 Å². The summed E-state index contributed by atoms with van der Waals surface area (Å²) in [6.07, 6.45) is 2.77. The van der Waals surface area contributed by atoms with Crippen LogP contribution >= 0.6 is 11.8 Å². The van der Waals surface area contributed by atoms with Crippen molar-refractivity contribution in [2.24, 2.45) is 13.0 Å². The fourth-order valence-electron chi connectivity index (χ4n) is 2.11. The highest BCUT2D eigenvalue weighted by atomic mass is 32.2. The molecule has 0 radical (unpaired) electrons. The van der Waals surface area contributed by atoms with Crippen molar-refractivity contribution in [3.63, 3.8) is 0 Å². The quantitative estimate of drug-likeness (QED) is 0.873. The number of rotatable bonds is 4. The van der Waals surface area contributed by atoms with Crippen molar-refractivity contribution < 1.29 is 18.3 Å². The summed E-state index contributed by atoms with van der Waals surface area (Å²) < 4.78 is 27.9. The van der Waals surface area contributed by atoms with E-state index < -0.39 is 22.0 Å². The predicted octanol–water partition coefficient (Wildman–Crippen LogP) is 0.593. The van der Waals surface area contributed by atoms with Crippen LogP contribution in [0.25, 0.3) is 0 Å². The number of hydrogen-bond acceptors (Lipinski definition) is 5. The molecule has 1 N–H and O–H groups in total. The number of thioether (sulfide) groups is 1. The highest BCUT2D eigenvalue weighted by Gasteiger charge is 2.48. The van der Waals surface area contributed by atoms with Crippen molar-refractivity contribution in [3.8, 4) is 0 Å². The van der Waals surface area contributed by atoms with Crippen LogP contribution in [0.1, 0.15) is 13.8 Å². The van der Waals surface area contributed by atoms with Crippen LogP contribution in [0, 0.1) is 5.92 Å². The van der Waals surface area contributed by atoms with Gasteiger partial charge in [-0.25, -0.2) is 13.4 Å². The third-order valence-corrected chi connectivity index (χ3v) is 6.59. The van der Waals surface area contributed by atoms with Gasteiger partial charge in [-0.15, -0.1) is 11.8 Å². The largest absolute Gasteiger partial charge is 0.480 e. The third kappa shape index (κ3) is 2.57. The number of imidazole rings is 1. The van der Waals surface area contributed by atoms with E-state index in [1.54, 1.807) is 7.05 Å². The molecule has 0 aromatic carbocycles. The van der Waals surface area contributed by atoms with Gasteiger partial charge in [0, 0.05) is 19.0 Å². The standard InChI is InChI=1S/C11H17N3O4S2/c1-7(2)10-14(8(5-19-10)11(15)16)20(17,18)9-4-13(3)6-12-9/h4,6-8,10H,5H2,1-3H3,(H,15,16). The third-order valence-electron chi connectivity index (χ3n) is 3.06. The van der Waals surface area contributed by atoms with Gasteiger partial charge in [-0.2, -0.15) is 4.31 Å². The van der Waals surface area contributed by atoms with Gasteiger partial charge in [-0.3, -0.25) is 4.79 Å². The minimum Gasteiger partial charge on any atom is -0.480 e. The molecule has 1 aromatic heterocycles. The molecule has 2 rings (SSSR count). The lowest BCUT2D eigenvalue weighted by Gasteiger charge is -2.27. The minimum atomic E-state index is -3.91. The number of carboxylic acids is 1. The topological polar surface area (TPSA) is 92.5 Å². The van der Waals surface area contributed by atoms with Gasteiger partial charge < -0.3 is 9.67 Å². The molecule has 1 aliphatic rings. The van der Waals surface area contributed by atoms with Crippen LogP contribution < -0.4 is 0 Å². The van der Waals surface area contributed by atoms with Crippen LogP contribution in [0.4, 0.5) is 0 Å². The smallest absolute Gasteiger partial charge is 0.322 e. The number of sulfonamides is 1. The van der Waals surface area contributed by atoms with Gasteiger partial charge in [0.15, 0.2) is 5.03 Å². The summed E-state index contributed by atoms with van der Waals surface area (Å²) >= 11 is 1.35. The number of aliphatic carboxylic acids is 1. The Kier molecular flexibility index (Phi) is 4.12. The van der Waals surface area contributed by atoms with Crippen LogP contribution in [0.5, 0.6) is 0 Å². The Morgan fingerprint density at radius 2 is 2.20 bits per heavy atom. The molecule has 0 amide bonds. The summed E-state index contributed by atoms with van der Waals surface area (Å²) in [5, 5.41) is 8.76. The first kappa shape index (κ1) is 15.3. The average Bonchev–Trinajstić information content (AvgIpc) is 2.94. The van der Waals surface area contributed by atoms with E-state index in [9.17, 15) is 18.3 Å². The molecule has 0 bridgehead atoms. The summed E-state index contributed by atoms with van der Waals surface area (Å²) in [7, 11) is -2.24. The molecule has 1 aliphatic heterocycles. The van der Waals surface area contributed by atoms with E-state index in [0.717, 1.165) is 4.31 Å². The van der Waals surface area contributed by atoms with Crippen molar-refractivity contribution in [2.75, 3.05) is 5.75 Å². The maximum atomic E-state index is 12.7. The number of aromatic nitrogens is 2. The molecule has 1 fully saturated rings. The van der Waals surface area contributed by atoms with Crippen molar-refractivity contribution in [3.05, 3.63) is 12.5 Å². The molecule has 1 aromatic rings. The molecular weight excluding hydrogens is 302 g/mol. The van der Waals surface area contributed by atoms with E-state index in [1.807, 2.05) is 13.8 Å². The summed E-state index contributed by atoms with van der Waals surface area (Å²) in [6, 6.07) is -1.04. The predicted molar refractivity (Wildman–Crippen MR) is 74.7 cm³/mol. The second-order valence-electron chi connectivity index (χ2n) is 5.03. The van der Waals surface area contributed by atoms with Gasteiger partial charge in [-0.1, -0.05) is 13.8 Å². The highest BCUT2D eigenvalue weighted by molar-refractivity contribution is 8.01. The molecule has 9 heteroatoms. The Bertz CT molecular complexity index is 611. The van der Waals surface area contributed by atoms with Crippen LogP contribution in [0.15, 0.2) is 17.6 Å². The van der Waals surface area contributed by atoms with Crippen molar-refractivity contribution in [2.45, 2.75) is 30.3 Å². The number of carbonyl (C=O) groups is 1. The molecule has 20 heavy (non-hydrogen) atoms. The van der Waals surface area contributed by atoms with Crippen LogP contribution in [-0.4, -0.2) is 50.5 Å². The van der Waals surface area contributed by atoms with Crippen LogP contribution in [0.2, 0.25) is 0 Å². The Balaban J connectivity index is 2.46. The van der Waals surface area contributed by atoms with Gasteiger partial charge in [-0.05, 0) is 5.92 Å². The lowest BCUT2D eigenvalue weighted by molar-refractivity contribution is -0.140. The number of carboxylic acid groups (broad SMARTS) is 1. The molecular formula is C11H17N3O4S2. The zero-order valence-corrected chi connectivity index (χ0v) is 13.1. The summed E-state index contributed by atoms with van der Waals surface area (Å²) in [5.74, 6) is -0.854. The van der Waals surface area contributed by atoms with Gasteiger partial charge in [0.2, 0.25) is 0 Å². The van der Waals surface area contributed by atoms with E-state index in [0.29, 0.717) is 0 Å². The van der Waals surface area contributed by atoms with E-state index in [4.69, 9.17) is 0 Å². The molecule has 2 unspecified atom stereocenters. The monoisotopic (exact) mass is 319 g/mol. The SMILES string of the molecule is CC(C)C1SCC(C(=O)O)N1S(=O)(=O)c1cn(C)cn1. The molecule has 0 aliphatic carbocycles. The lowest BCUT2D eigenvalue weighted by Crippen LogP contribution is -2.47. The Labute approximate surface area is 122 Å². The van der Waals surface area contributed by atoms with E-state index in [2.05, 4.69) is 4.98 Å². The lowest BCUT2D eigenvalue weighted by atomic mass is 10.2. The molecule has 1 saturated heterocycles. The summed E-state index contributed by atoms with van der Waals surface area (Å²) in [4.78, 5) is 15.2. The number of hydrogen-bond donors (Lipinski definition) is 1. The summed E-state index contributed by atoms with van der Waals surface area (Å²) in [5.41, 5.74) is 0. The molecule has 0 spiro atoms.